The van der Waals surface area contributed by atoms with Crippen LogP contribution in [0.3, 0.4) is 0 Å². The Morgan fingerprint density at radius 3 is 2.63 bits per heavy atom. The van der Waals surface area contributed by atoms with E-state index in [-0.39, 0.29) is 29.8 Å². The lowest BCUT2D eigenvalue weighted by atomic mass is 9.97. The summed E-state index contributed by atoms with van der Waals surface area (Å²) in [6, 6.07) is 4.92. The highest BCUT2D eigenvalue weighted by Crippen LogP contribution is 2.28. The molecule has 0 aliphatic rings. The highest BCUT2D eigenvalue weighted by Gasteiger charge is 2.24. The zero-order valence-electron chi connectivity index (χ0n) is 10.8. The number of carbonyl (C=O) groups excluding carboxylic acids is 1. The first-order valence-electron chi connectivity index (χ1n) is 5.89. The Kier molecular flexibility index (Phi) is 5.01. The molecule has 19 heavy (non-hydrogen) atoms. The van der Waals surface area contributed by atoms with E-state index in [4.69, 9.17) is 10.00 Å². The first-order valence-corrected chi connectivity index (χ1v) is 5.89. The number of nitro groups is 1. The third kappa shape index (κ3) is 3.28. The number of hydrogen-bond donors (Lipinski definition) is 0. The Morgan fingerprint density at radius 1 is 1.47 bits per heavy atom. The van der Waals surface area contributed by atoms with Gasteiger partial charge in [0, 0.05) is 5.56 Å². The van der Waals surface area contributed by atoms with E-state index in [1.54, 1.807) is 19.9 Å². The molecule has 0 fully saturated rings. The summed E-state index contributed by atoms with van der Waals surface area (Å²) in [5.74, 6) is -0.574. The third-order valence-electron chi connectivity index (χ3n) is 2.68. The van der Waals surface area contributed by atoms with Crippen molar-refractivity contribution in [2.75, 3.05) is 6.61 Å². The molecule has 0 aliphatic heterocycles. The van der Waals surface area contributed by atoms with Gasteiger partial charge in [-0.15, -0.1) is 0 Å². The minimum atomic E-state index is -0.574. The van der Waals surface area contributed by atoms with E-state index < -0.39 is 10.9 Å². The largest absolute Gasteiger partial charge is 0.466 e. The molecule has 0 aliphatic carbocycles. The monoisotopic (exact) mass is 262 g/mol. The van der Waals surface area contributed by atoms with Crippen molar-refractivity contribution >= 4 is 11.7 Å². The molecule has 1 rings (SSSR count). The maximum absolute atomic E-state index is 11.5. The van der Waals surface area contributed by atoms with Gasteiger partial charge in [0.15, 0.2) is 0 Å². The Hall–Kier alpha value is -2.42. The Labute approximate surface area is 110 Å². The van der Waals surface area contributed by atoms with E-state index in [0.717, 1.165) is 0 Å². The molecule has 0 heterocycles. The molecule has 1 aromatic carbocycles. The van der Waals surface area contributed by atoms with E-state index >= 15 is 0 Å². The summed E-state index contributed by atoms with van der Waals surface area (Å²) in [4.78, 5) is 22.1. The first-order chi connectivity index (χ1) is 9.04. The lowest BCUT2D eigenvalue weighted by Gasteiger charge is -2.08. The van der Waals surface area contributed by atoms with Gasteiger partial charge in [0.25, 0.3) is 5.69 Å². The van der Waals surface area contributed by atoms with Crippen LogP contribution in [0.2, 0.25) is 0 Å². The predicted molar refractivity (Wildman–Crippen MR) is 67.5 cm³/mol. The van der Waals surface area contributed by atoms with Crippen LogP contribution in [0.1, 0.15) is 30.5 Å². The molecule has 0 spiro atoms. The minimum Gasteiger partial charge on any atom is -0.466 e. The molecule has 0 unspecified atom stereocenters. The average Bonchev–Trinajstić information content (AvgIpc) is 2.37. The lowest BCUT2D eigenvalue weighted by molar-refractivity contribution is -0.386. The van der Waals surface area contributed by atoms with E-state index in [0.29, 0.717) is 12.0 Å². The van der Waals surface area contributed by atoms with Gasteiger partial charge in [-0.25, -0.2) is 0 Å². The van der Waals surface area contributed by atoms with Crippen LogP contribution >= 0.6 is 0 Å². The van der Waals surface area contributed by atoms with Gasteiger partial charge in [-0.1, -0.05) is 13.0 Å². The molecule has 0 bridgehead atoms. The van der Waals surface area contributed by atoms with Gasteiger partial charge in [0.1, 0.15) is 0 Å². The SMILES string of the molecule is CCOC(=O)Cc1c(C#N)ccc(CC)c1[N+](=O)[O-]. The number of aryl methyl sites for hydroxylation is 1. The summed E-state index contributed by atoms with van der Waals surface area (Å²) in [5.41, 5.74) is 0.611. The van der Waals surface area contributed by atoms with Crippen molar-refractivity contribution in [3.8, 4) is 6.07 Å². The van der Waals surface area contributed by atoms with Crippen LogP contribution in [-0.4, -0.2) is 17.5 Å². The molecular weight excluding hydrogens is 248 g/mol. The van der Waals surface area contributed by atoms with E-state index in [9.17, 15) is 14.9 Å². The smallest absolute Gasteiger partial charge is 0.310 e. The Morgan fingerprint density at radius 2 is 2.16 bits per heavy atom. The van der Waals surface area contributed by atoms with Crippen molar-refractivity contribution < 1.29 is 14.5 Å². The van der Waals surface area contributed by atoms with E-state index in [2.05, 4.69) is 0 Å². The van der Waals surface area contributed by atoms with E-state index in [1.165, 1.54) is 6.07 Å². The van der Waals surface area contributed by atoms with E-state index in [1.807, 2.05) is 6.07 Å². The third-order valence-corrected chi connectivity index (χ3v) is 2.68. The number of nitrogens with zero attached hydrogens (tertiary/aromatic N) is 2. The zero-order chi connectivity index (χ0) is 14.4. The van der Waals surface area contributed by atoms with Gasteiger partial charge in [0.2, 0.25) is 0 Å². The second kappa shape index (κ2) is 6.50. The second-order valence-corrected chi connectivity index (χ2v) is 3.80. The molecule has 0 radical (unpaired) electrons. The molecule has 100 valence electrons. The minimum absolute atomic E-state index is 0.130. The van der Waals surface area contributed by atoms with Crippen LogP contribution in [0.5, 0.6) is 0 Å². The summed E-state index contributed by atoms with van der Waals surface area (Å²) < 4.78 is 4.78. The zero-order valence-corrected chi connectivity index (χ0v) is 10.8. The lowest BCUT2D eigenvalue weighted by Crippen LogP contribution is -2.12. The second-order valence-electron chi connectivity index (χ2n) is 3.80. The maximum Gasteiger partial charge on any atom is 0.310 e. The standard InChI is InChI=1S/C13H14N2O4/c1-3-9-5-6-10(8-14)11(13(9)15(17)18)7-12(16)19-4-2/h5-6H,3-4,7H2,1-2H3. The molecule has 0 amide bonds. The number of nitro benzene ring substituents is 1. The molecule has 0 aromatic heterocycles. The molecule has 6 heteroatoms. The van der Waals surface area contributed by atoms with Crippen LogP contribution < -0.4 is 0 Å². The molecule has 0 N–H and O–H groups in total. The average molecular weight is 262 g/mol. The van der Waals surface area contributed by atoms with Crippen molar-refractivity contribution in [3.63, 3.8) is 0 Å². The normalized spacial score (nSPS) is 9.74. The molecule has 1 aromatic rings. The summed E-state index contributed by atoms with van der Waals surface area (Å²) in [6.07, 6.45) is 0.193. The summed E-state index contributed by atoms with van der Waals surface area (Å²) in [7, 11) is 0. The fourth-order valence-corrected chi connectivity index (χ4v) is 1.84. The van der Waals surface area contributed by atoms with Gasteiger partial charge < -0.3 is 4.74 Å². The summed E-state index contributed by atoms with van der Waals surface area (Å²) in [6.45, 7) is 3.63. The number of carbonyl (C=O) groups is 1. The molecule has 6 nitrogen and oxygen atoms in total. The highest BCUT2D eigenvalue weighted by atomic mass is 16.6. The fraction of sp³-hybridized carbons (Fsp3) is 0.385. The van der Waals surface area contributed by atoms with Gasteiger partial charge in [0.05, 0.1) is 35.1 Å². The maximum atomic E-state index is 11.5. The highest BCUT2D eigenvalue weighted by molar-refractivity contribution is 5.76. The van der Waals surface area contributed by atoms with Crippen LogP contribution in [-0.2, 0) is 22.4 Å². The summed E-state index contributed by atoms with van der Waals surface area (Å²) in [5, 5.41) is 20.2. The van der Waals surface area contributed by atoms with Gasteiger partial charge in [-0.2, -0.15) is 5.26 Å². The molecule has 0 saturated heterocycles. The summed E-state index contributed by atoms with van der Waals surface area (Å²) >= 11 is 0. The van der Waals surface area contributed by atoms with Crippen molar-refractivity contribution in [3.05, 3.63) is 38.9 Å². The van der Waals surface area contributed by atoms with Crippen molar-refractivity contribution in [2.45, 2.75) is 26.7 Å². The van der Waals surface area contributed by atoms with Crippen LogP contribution in [0.25, 0.3) is 0 Å². The number of ether oxygens (including phenoxy) is 1. The van der Waals surface area contributed by atoms with Gasteiger partial charge in [-0.05, 0) is 19.4 Å². The number of hydrogen-bond acceptors (Lipinski definition) is 5. The van der Waals surface area contributed by atoms with Crippen LogP contribution in [0.15, 0.2) is 12.1 Å². The predicted octanol–water partition coefficient (Wildman–Crippen LogP) is 2.13. The number of rotatable bonds is 5. The van der Waals surface area contributed by atoms with Crippen molar-refractivity contribution in [1.29, 1.82) is 5.26 Å². The number of esters is 1. The Balaban J connectivity index is 3.36. The Bertz CT molecular complexity index is 546. The molecule has 0 saturated carbocycles. The van der Waals surface area contributed by atoms with Crippen LogP contribution in [0.4, 0.5) is 5.69 Å². The topological polar surface area (TPSA) is 93.2 Å². The first kappa shape index (κ1) is 14.6. The van der Waals surface area contributed by atoms with Crippen molar-refractivity contribution in [1.82, 2.24) is 0 Å². The van der Waals surface area contributed by atoms with Gasteiger partial charge >= 0.3 is 5.97 Å². The number of nitriles is 1. The number of benzene rings is 1. The quantitative estimate of drug-likeness (QED) is 0.460. The van der Waals surface area contributed by atoms with Gasteiger partial charge in [-0.3, -0.25) is 14.9 Å². The van der Waals surface area contributed by atoms with Crippen LogP contribution in [0, 0.1) is 21.4 Å². The fourth-order valence-electron chi connectivity index (χ4n) is 1.84. The molecular formula is C13H14N2O4. The molecule has 0 atom stereocenters. The van der Waals surface area contributed by atoms with Crippen molar-refractivity contribution in [2.24, 2.45) is 0 Å².